The van der Waals surface area contributed by atoms with Crippen LogP contribution >= 0.6 is 0 Å². The molecule has 1 N–H and O–H groups in total. The molecule has 1 atom stereocenters. The highest BCUT2D eigenvalue weighted by molar-refractivity contribution is 5.32. The zero-order chi connectivity index (χ0) is 15.3. The van der Waals surface area contributed by atoms with Crippen LogP contribution in [-0.2, 0) is 20.8 Å². The van der Waals surface area contributed by atoms with E-state index in [2.05, 4.69) is 0 Å². The van der Waals surface area contributed by atoms with Gasteiger partial charge in [-0.05, 0) is 13.0 Å². The first kappa shape index (κ1) is 17.9. The van der Waals surface area contributed by atoms with Crippen LogP contribution in [0.25, 0.3) is 0 Å². The minimum Gasteiger partial charge on any atom is -0.493 e. The zero-order valence-electron chi connectivity index (χ0n) is 12.9. The van der Waals surface area contributed by atoms with Crippen molar-refractivity contribution in [3.05, 3.63) is 29.8 Å². The molecular formula is C16H26O5. The Morgan fingerprint density at radius 2 is 1.81 bits per heavy atom. The second kappa shape index (κ2) is 11.5. The molecule has 0 radical (unpaired) electrons. The van der Waals surface area contributed by atoms with Crippen molar-refractivity contribution in [3.8, 4) is 5.75 Å². The Balaban J connectivity index is 2.09. The SMILES string of the molecule is COCCOCCOC(C)CCOc1ccccc1CO. The van der Waals surface area contributed by atoms with Crippen molar-refractivity contribution in [2.24, 2.45) is 0 Å². The lowest BCUT2D eigenvalue weighted by molar-refractivity contribution is -0.00620. The molecule has 1 aromatic carbocycles. The summed E-state index contributed by atoms with van der Waals surface area (Å²) in [5.74, 6) is 0.732. The third-order valence-electron chi connectivity index (χ3n) is 2.99. The normalized spacial score (nSPS) is 12.3. The van der Waals surface area contributed by atoms with Crippen LogP contribution in [0.1, 0.15) is 18.9 Å². The molecule has 0 saturated heterocycles. The second-order valence-corrected chi connectivity index (χ2v) is 4.69. The number of benzene rings is 1. The van der Waals surface area contributed by atoms with Gasteiger partial charge in [0.2, 0.25) is 0 Å². The fourth-order valence-corrected chi connectivity index (χ4v) is 1.75. The van der Waals surface area contributed by atoms with E-state index >= 15 is 0 Å². The molecule has 0 aliphatic rings. The van der Waals surface area contributed by atoms with Crippen LogP contribution in [-0.4, -0.2) is 51.4 Å². The second-order valence-electron chi connectivity index (χ2n) is 4.69. The van der Waals surface area contributed by atoms with E-state index in [9.17, 15) is 5.11 Å². The average Bonchev–Trinajstić information content (AvgIpc) is 2.51. The minimum absolute atomic E-state index is 0.0129. The molecule has 1 unspecified atom stereocenters. The van der Waals surface area contributed by atoms with Crippen LogP contribution in [0.15, 0.2) is 24.3 Å². The molecule has 1 aromatic rings. The molecule has 0 aliphatic heterocycles. The number of para-hydroxylation sites is 1. The molecule has 0 spiro atoms. The molecule has 5 nitrogen and oxygen atoms in total. The summed E-state index contributed by atoms with van der Waals surface area (Å²) in [5.41, 5.74) is 0.803. The Bertz CT molecular complexity index is 369. The van der Waals surface area contributed by atoms with E-state index in [0.717, 1.165) is 17.7 Å². The minimum atomic E-state index is -0.0129. The highest BCUT2D eigenvalue weighted by Gasteiger charge is 2.05. The van der Waals surface area contributed by atoms with Crippen LogP contribution in [0, 0.1) is 0 Å². The van der Waals surface area contributed by atoms with E-state index in [1.54, 1.807) is 7.11 Å². The molecule has 0 heterocycles. The Morgan fingerprint density at radius 3 is 2.57 bits per heavy atom. The number of aliphatic hydroxyl groups is 1. The van der Waals surface area contributed by atoms with Gasteiger partial charge in [-0.3, -0.25) is 0 Å². The molecule has 0 bridgehead atoms. The Labute approximate surface area is 126 Å². The number of hydrogen-bond acceptors (Lipinski definition) is 5. The molecule has 120 valence electrons. The summed E-state index contributed by atoms with van der Waals surface area (Å²) >= 11 is 0. The topological polar surface area (TPSA) is 57.2 Å². The van der Waals surface area contributed by atoms with Crippen LogP contribution < -0.4 is 4.74 Å². The van der Waals surface area contributed by atoms with Crippen molar-refractivity contribution in [1.82, 2.24) is 0 Å². The maximum atomic E-state index is 9.20. The van der Waals surface area contributed by atoms with Crippen LogP contribution in [0.5, 0.6) is 5.75 Å². The van der Waals surface area contributed by atoms with E-state index < -0.39 is 0 Å². The van der Waals surface area contributed by atoms with Gasteiger partial charge in [-0.1, -0.05) is 18.2 Å². The van der Waals surface area contributed by atoms with Crippen molar-refractivity contribution in [2.75, 3.05) is 40.1 Å². The standard InChI is InChI=1S/C16H26O5/c1-14(20-12-11-19-10-9-18-2)7-8-21-16-6-4-3-5-15(16)13-17/h3-6,14,17H,7-13H2,1-2H3. The van der Waals surface area contributed by atoms with Gasteiger partial charge in [-0.15, -0.1) is 0 Å². The van der Waals surface area contributed by atoms with E-state index in [-0.39, 0.29) is 12.7 Å². The van der Waals surface area contributed by atoms with Gasteiger partial charge in [0, 0.05) is 19.1 Å². The highest BCUT2D eigenvalue weighted by Crippen LogP contribution is 2.18. The van der Waals surface area contributed by atoms with Gasteiger partial charge < -0.3 is 24.1 Å². The predicted molar refractivity (Wildman–Crippen MR) is 80.6 cm³/mol. The highest BCUT2D eigenvalue weighted by atomic mass is 16.5. The van der Waals surface area contributed by atoms with E-state index in [1.807, 2.05) is 31.2 Å². The fourth-order valence-electron chi connectivity index (χ4n) is 1.75. The van der Waals surface area contributed by atoms with Gasteiger partial charge in [-0.2, -0.15) is 0 Å². The summed E-state index contributed by atoms with van der Waals surface area (Å²) < 4.78 is 21.5. The van der Waals surface area contributed by atoms with Gasteiger partial charge >= 0.3 is 0 Å². The third-order valence-corrected chi connectivity index (χ3v) is 2.99. The summed E-state index contributed by atoms with van der Waals surface area (Å²) in [7, 11) is 1.65. The summed E-state index contributed by atoms with van der Waals surface area (Å²) in [4.78, 5) is 0. The molecule has 0 aliphatic carbocycles. The monoisotopic (exact) mass is 298 g/mol. The number of ether oxygens (including phenoxy) is 4. The number of rotatable bonds is 12. The van der Waals surface area contributed by atoms with Gasteiger partial charge in [0.25, 0.3) is 0 Å². The maximum Gasteiger partial charge on any atom is 0.124 e. The molecule has 0 fully saturated rings. The van der Waals surface area contributed by atoms with Gasteiger partial charge in [0.05, 0.1) is 45.7 Å². The number of methoxy groups -OCH3 is 1. The maximum absolute atomic E-state index is 9.20. The predicted octanol–water partition coefficient (Wildman–Crippen LogP) is 2.02. The van der Waals surface area contributed by atoms with Crippen molar-refractivity contribution >= 4 is 0 Å². The van der Waals surface area contributed by atoms with Gasteiger partial charge in [0.15, 0.2) is 0 Å². The summed E-state index contributed by atoms with van der Waals surface area (Å²) in [6, 6.07) is 7.49. The van der Waals surface area contributed by atoms with Crippen molar-refractivity contribution in [2.45, 2.75) is 26.1 Å². The molecule has 1 rings (SSSR count). The first-order chi connectivity index (χ1) is 10.3. The molecule has 21 heavy (non-hydrogen) atoms. The van der Waals surface area contributed by atoms with Crippen LogP contribution in [0.3, 0.4) is 0 Å². The van der Waals surface area contributed by atoms with Crippen LogP contribution in [0.2, 0.25) is 0 Å². The lowest BCUT2D eigenvalue weighted by Crippen LogP contribution is -2.17. The van der Waals surface area contributed by atoms with Crippen molar-refractivity contribution < 1.29 is 24.1 Å². The van der Waals surface area contributed by atoms with Crippen molar-refractivity contribution in [1.29, 1.82) is 0 Å². The van der Waals surface area contributed by atoms with Crippen LogP contribution in [0.4, 0.5) is 0 Å². The van der Waals surface area contributed by atoms with E-state index in [1.165, 1.54) is 0 Å². The van der Waals surface area contributed by atoms with E-state index in [4.69, 9.17) is 18.9 Å². The molecular weight excluding hydrogens is 272 g/mol. The summed E-state index contributed by atoms with van der Waals surface area (Å²) in [5, 5.41) is 9.20. The lowest BCUT2D eigenvalue weighted by Gasteiger charge is -2.15. The number of hydrogen-bond donors (Lipinski definition) is 1. The largest absolute Gasteiger partial charge is 0.493 e. The quantitative estimate of drug-likeness (QED) is 0.598. The third kappa shape index (κ3) is 8.02. The lowest BCUT2D eigenvalue weighted by atomic mass is 10.2. The average molecular weight is 298 g/mol. The molecule has 0 aromatic heterocycles. The van der Waals surface area contributed by atoms with Gasteiger partial charge in [-0.25, -0.2) is 0 Å². The van der Waals surface area contributed by atoms with Gasteiger partial charge in [0.1, 0.15) is 5.75 Å². The summed E-state index contributed by atoms with van der Waals surface area (Å²) in [6.07, 6.45) is 0.898. The van der Waals surface area contributed by atoms with Crippen molar-refractivity contribution in [3.63, 3.8) is 0 Å². The molecule has 0 saturated carbocycles. The first-order valence-electron chi connectivity index (χ1n) is 7.27. The van der Waals surface area contributed by atoms with E-state index in [0.29, 0.717) is 33.0 Å². The Morgan fingerprint density at radius 1 is 1.05 bits per heavy atom. The Hall–Kier alpha value is -1.14. The number of aliphatic hydroxyl groups excluding tert-OH is 1. The molecule has 0 amide bonds. The Kier molecular flexibility index (Phi) is 9.82. The zero-order valence-corrected chi connectivity index (χ0v) is 12.9. The first-order valence-corrected chi connectivity index (χ1v) is 7.27. The summed E-state index contributed by atoms with van der Waals surface area (Å²) in [6.45, 7) is 4.89. The smallest absolute Gasteiger partial charge is 0.124 e. The fraction of sp³-hybridized carbons (Fsp3) is 0.625. The molecule has 5 heteroatoms.